The molecule has 3 aromatic rings. The van der Waals surface area contributed by atoms with Crippen LogP contribution in [0.2, 0.25) is 5.02 Å². The summed E-state index contributed by atoms with van der Waals surface area (Å²) in [7, 11) is 1.52. The van der Waals surface area contributed by atoms with Crippen molar-refractivity contribution in [3.63, 3.8) is 0 Å². The number of amides is 1. The SMILES string of the molecule is COc1cccc(N2C(=O)C(=O)C(=C(O)c3ccccc3)[C@H]2c2ccccc2Cl)c1. The lowest BCUT2D eigenvalue weighted by molar-refractivity contribution is -0.132. The molecule has 0 radical (unpaired) electrons. The predicted octanol–water partition coefficient (Wildman–Crippen LogP) is 4.97. The van der Waals surface area contributed by atoms with Gasteiger partial charge in [-0.25, -0.2) is 0 Å². The first-order valence-corrected chi connectivity index (χ1v) is 9.65. The van der Waals surface area contributed by atoms with Crippen LogP contribution in [0.1, 0.15) is 17.2 Å². The normalized spacial score (nSPS) is 17.9. The summed E-state index contributed by atoms with van der Waals surface area (Å²) in [5.41, 5.74) is 1.44. The zero-order chi connectivity index (χ0) is 21.3. The number of ketones is 1. The molecule has 150 valence electrons. The number of hydrogen-bond donors (Lipinski definition) is 1. The molecule has 1 N–H and O–H groups in total. The molecular weight excluding hydrogens is 402 g/mol. The van der Waals surface area contributed by atoms with Gasteiger partial charge >= 0.3 is 0 Å². The second-order valence-electron chi connectivity index (χ2n) is 6.76. The number of methoxy groups -OCH3 is 1. The van der Waals surface area contributed by atoms with E-state index in [2.05, 4.69) is 0 Å². The molecule has 4 rings (SSSR count). The van der Waals surface area contributed by atoms with Crippen molar-refractivity contribution >= 4 is 34.7 Å². The van der Waals surface area contributed by atoms with Crippen LogP contribution in [0.3, 0.4) is 0 Å². The number of aliphatic hydroxyl groups excluding tert-OH is 1. The van der Waals surface area contributed by atoms with Crippen LogP contribution in [0.15, 0.2) is 84.4 Å². The van der Waals surface area contributed by atoms with Gasteiger partial charge in [-0.3, -0.25) is 14.5 Å². The molecule has 1 atom stereocenters. The minimum atomic E-state index is -0.883. The zero-order valence-corrected chi connectivity index (χ0v) is 16.8. The molecule has 0 aliphatic carbocycles. The van der Waals surface area contributed by atoms with E-state index in [9.17, 15) is 14.7 Å². The van der Waals surface area contributed by atoms with Gasteiger partial charge in [0.15, 0.2) is 0 Å². The van der Waals surface area contributed by atoms with Crippen LogP contribution >= 0.6 is 11.6 Å². The summed E-state index contributed by atoms with van der Waals surface area (Å²) in [4.78, 5) is 27.5. The molecule has 30 heavy (non-hydrogen) atoms. The van der Waals surface area contributed by atoms with Gasteiger partial charge in [-0.15, -0.1) is 0 Å². The number of aliphatic hydroxyl groups is 1. The van der Waals surface area contributed by atoms with Gasteiger partial charge in [0, 0.05) is 22.3 Å². The Morgan fingerprint density at radius 2 is 1.67 bits per heavy atom. The van der Waals surface area contributed by atoms with E-state index in [1.165, 1.54) is 12.0 Å². The number of hydrogen-bond acceptors (Lipinski definition) is 4. The van der Waals surface area contributed by atoms with Crippen LogP contribution in [0.5, 0.6) is 5.75 Å². The van der Waals surface area contributed by atoms with Gasteiger partial charge in [-0.1, -0.05) is 66.2 Å². The first kappa shape index (κ1) is 19.7. The molecule has 1 aliphatic heterocycles. The maximum Gasteiger partial charge on any atom is 0.300 e. The lowest BCUT2D eigenvalue weighted by Gasteiger charge is -2.26. The monoisotopic (exact) mass is 419 g/mol. The van der Waals surface area contributed by atoms with E-state index in [0.717, 1.165) is 0 Å². The van der Waals surface area contributed by atoms with E-state index in [1.807, 2.05) is 0 Å². The van der Waals surface area contributed by atoms with Crippen molar-refractivity contribution in [3.8, 4) is 5.75 Å². The largest absolute Gasteiger partial charge is 0.507 e. The second kappa shape index (κ2) is 8.05. The predicted molar refractivity (Wildman–Crippen MR) is 116 cm³/mol. The van der Waals surface area contributed by atoms with Crippen molar-refractivity contribution < 1.29 is 19.4 Å². The Morgan fingerprint density at radius 3 is 2.37 bits per heavy atom. The first-order valence-electron chi connectivity index (χ1n) is 9.28. The fraction of sp³-hybridized carbons (Fsp3) is 0.0833. The molecule has 1 saturated heterocycles. The van der Waals surface area contributed by atoms with Crippen LogP contribution in [0.25, 0.3) is 5.76 Å². The van der Waals surface area contributed by atoms with E-state index >= 15 is 0 Å². The molecule has 1 amide bonds. The van der Waals surface area contributed by atoms with Crippen molar-refractivity contribution in [2.75, 3.05) is 12.0 Å². The van der Waals surface area contributed by atoms with Gasteiger partial charge in [0.2, 0.25) is 0 Å². The van der Waals surface area contributed by atoms with Crippen LogP contribution in [-0.2, 0) is 9.59 Å². The number of benzene rings is 3. The average Bonchev–Trinajstić information content (AvgIpc) is 3.04. The minimum absolute atomic E-state index is 0.0119. The van der Waals surface area contributed by atoms with Gasteiger partial charge in [-0.2, -0.15) is 0 Å². The topological polar surface area (TPSA) is 66.8 Å². The molecule has 5 nitrogen and oxygen atoms in total. The van der Waals surface area contributed by atoms with Crippen molar-refractivity contribution in [1.29, 1.82) is 0 Å². The fourth-order valence-electron chi connectivity index (χ4n) is 3.60. The Labute approximate surface area is 178 Å². The van der Waals surface area contributed by atoms with E-state index in [4.69, 9.17) is 16.3 Å². The fourth-order valence-corrected chi connectivity index (χ4v) is 3.84. The molecule has 1 fully saturated rings. The number of halogens is 1. The summed E-state index contributed by atoms with van der Waals surface area (Å²) in [6.07, 6.45) is 0. The van der Waals surface area contributed by atoms with Gasteiger partial charge in [0.1, 0.15) is 11.5 Å². The van der Waals surface area contributed by atoms with Gasteiger partial charge < -0.3 is 9.84 Å². The molecule has 0 unspecified atom stereocenters. The number of rotatable bonds is 4. The summed E-state index contributed by atoms with van der Waals surface area (Å²) in [6.45, 7) is 0. The van der Waals surface area contributed by atoms with Crippen molar-refractivity contribution in [2.45, 2.75) is 6.04 Å². The second-order valence-corrected chi connectivity index (χ2v) is 7.17. The number of nitrogens with zero attached hydrogens (tertiary/aromatic N) is 1. The Kier molecular flexibility index (Phi) is 5.29. The van der Waals surface area contributed by atoms with E-state index in [0.29, 0.717) is 27.6 Å². The number of anilines is 1. The van der Waals surface area contributed by atoms with E-state index < -0.39 is 17.7 Å². The van der Waals surface area contributed by atoms with Crippen LogP contribution in [-0.4, -0.2) is 23.9 Å². The molecule has 1 aliphatic rings. The quantitative estimate of drug-likeness (QED) is 0.368. The highest BCUT2D eigenvalue weighted by Crippen LogP contribution is 2.44. The van der Waals surface area contributed by atoms with Crippen LogP contribution in [0.4, 0.5) is 5.69 Å². The van der Waals surface area contributed by atoms with Crippen molar-refractivity contribution in [3.05, 3.63) is 101 Å². The summed E-state index contributed by atoms with van der Waals surface area (Å²) in [5.74, 6) is -1.23. The summed E-state index contributed by atoms with van der Waals surface area (Å²) in [5, 5.41) is 11.4. The van der Waals surface area contributed by atoms with Gasteiger partial charge in [-0.05, 0) is 23.8 Å². The lowest BCUT2D eigenvalue weighted by Crippen LogP contribution is -2.29. The Morgan fingerprint density at radius 1 is 0.967 bits per heavy atom. The third kappa shape index (κ3) is 3.33. The van der Waals surface area contributed by atoms with E-state index in [-0.39, 0.29) is 11.3 Å². The van der Waals surface area contributed by atoms with Gasteiger partial charge in [0.25, 0.3) is 11.7 Å². The maximum absolute atomic E-state index is 13.1. The van der Waals surface area contributed by atoms with Crippen LogP contribution < -0.4 is 9.64 Å². The number of carbonyl (C=O) groups excluding carboxylic acids is 2. The molecular formula is C24H18ClNO4. The Hall–Kier alpha value is -3.57. The highest BCUT2D eigenvalue weighted by Gasteiger charge is 2.47. The number of Topliss-reactive ketones (excluding diaryl/α,β-unsaturated/α-hetero) is 1. The highest BCUT2D eigenvalue weighted by atomic mass is 35.5. The lowest BCUT2D eigenvalue weighted by atomic mass is 9.95. The maximum atomic E-state index is 13.1. The Bertz CT molecular complexity index is 1160. The van der Waals surface area contributed by atoms with Gasteiger partial charge in [0.05, 0.1) is 18.7 Å². The minimum Gasteiger partial charge on any atom is -0.507 e. The number of carbonyl (C=O) groups is 2. The molecule has 6 heteroatoms. The molecule has 1 heterocycles. The molecule has 0 bridgehead atoms. The van der Waals surface area contributed by atoms with E-state index in [1.54, 1.807) is 78.9 Å². The first-order chi connectivity index (χ1) is 14.5. The zero-order valence-electron chi connectivity index (χ0n) is 16.1. The van der Waals surface area contributed by atoms with Crippen molar-refractivity contribution in [2.24, 2.45) is 0 Å². The van der Waals surface area contributed by atoms with Crippen LogP contribution in [0, 0.1) is 0 Å². The smallest absolute Gasteiger partial charge is 0.300 e. The summed E-state index contributed by atoms with van der Waals surface area (Å²) in [6, 6.07) is 21.6. The third-order valence-corrected chi connectivity index (χ3v) is 5.37. The molecule has 0 aromatic heterocycles. The average molecular weight is 420 g/mol. The molecule has 3 aromatic carbocycles. The molecule has 0 saturated carbocycles. The number of ether oxygens (including phenoxy) is 1. The van der Waals surface area contributed by atoms with Crippen molar-refractivity contribution in [1.82, 2.24) is 0 Å². The Balaban J connectivity index is 1.98. The third-order valence-electron chi connectivity index (χ3n) is 5.02. The standard InChI is InChI=1S/C24H18ClNO4/c1-30-17-11-7-10-16(14-17)26-21(18-12-5-6-13-19(18)25)20(23(28)24(26)29)22(27)15-8-3-2-4-9-15/h2-14,21,27H,1H3/t21-/m1/s1. The summed E-state index contributed by atoms with van der Waals surface area (Å²) < 4.78 is 5.27. The molecule has 0 spiro atoms. The highest BCUT2D eigenvalue weighted by molar-refractivity contribution is 6.52. The summed E-state index contributed by atoms with van der Waals surface area (Å²) >= 11 is 6.45.